The summed E-state index contributed by atoms with van der Waals surface area (Å²) in [4.78, 5) is 4.51. The van der Waals surface area contributed by atoms with Gasteiger partial charge in [0, 0.05) is 39.3 Å². The maximum absolute atomic E-state index is 11.4. The Morgan fingerprint density at radius 2 is 1.74 bits per heavy atom. The molecule has 0 aliphatic carbocycles. The molecule has 0 radical (unpaired) electrons. The van der Waals surface area contributed by atoms with Crippen molar-refractivity contribution < 1.29 is 8.42 Å². The molecule has 1 aliphatic heterocycles. The molecular weight excluding hydrogens is 264 g/mol. The second-order valence-corrected chi connectivity index (χ2v) is 7.39. The lowest BCUT2D eigenvalue weighted by Crippen LogP contribution is -2.49. The van der Waals surface area contributed by atoms with E-state index in [0.717, 1.165) is 45.7 Å². The van der Waals surface area contributed by atoms with E-state index >= 15 is 0 Å². The smallest absolute Gasteiger partial charge is 0.211 e. The van der Waals surface area contributed by atoms with Crippen LogP contribution in [-0.4, -0.2) is 95.2 Å². The topological polar surface area (TPSA) is 55.9 Å². The molecule has 0 atom stereocenters. The second-order valence-electron chi connectivity index (χ2n) is 5.41. The van der Waals surface area contributed by atoms with Crippen molar-refractivity contribution >= 4 is 10.0 Å². The van der Waals surface area contributed by atoms with Crippen LogP contribution in [0, 0.1) is 0 Å². The van der Waals surface area contributed by atoms with Gasteiger partial charge >= 0.3 is 0 Å². The Bertz CT molecular complexity index is 338. The Kier molecular flexibility index (Phi) is 7.23. The largest absolute Gasteiger partial charge is 0.315 e. The molecule has 6 nitrogen and oxygen atoms in total. The van der Waals surface area contributed by atoms with Crippen LogP contribution in [0.15, 0.2) is 0 Å². The van der Waals surface area contributed by atoms with Gasteiger partial charge in [-0.3, -0.25) is 4.90 Å². The molecule has 0 aromatic heterocycles. The van der Waals surface area contributed by atoms with Gasteiger partial charge in [-0.1, -0.05) is 0 Å². The fourth-order valence-electron chi connectivity index (χ4n) is 2.17. The van der Waals surface area contributed by atoms with E-state index in [1.165, 1.54) is 6.26 Å². The predicted molar refractivity (Wildman–Crippen MR) is 78.9 cm³/mol. The predicted octanol–water partition coefficient (Wildman–Crippen LogP) is -0.895. The van der Waals surface area contributed by atoms with E-state index < -0.39 is 10.0 Å². The van der Waals surface area contributed by atoms with Crippen LogP contribution >= 0.6 is 0 Å². The Hall–Kier alpha value is -0.210. The second kappa shape index (κ2) is 8.16. The third-order valence-corrected chi connectivity index (χ3v) is 4.67. The lowest BCUT2D eigenvalue weighted by atomic mass is 10.3. The molecule has 7 heteroatoms. The van der Waals surface area contributed by atoms with Crippen molar-refractivity contribution in [1.29, 1.82) is 0 Å². The van der Waals surface area contributed by atoms with Gasteiger partial charge in [-0.2, -0.15) is 4.31 Å². The van der Waals surface area contributed by atoms with Crippen LogP contribution in [0.2, 0.25) is 0 Å². The van der Waals surface area contributed by atoms with E-state index in [9.17, 15) is 8.42 Å². The standard InChI is InChI=1S/C12H28N4O2S/c1-14(2)7-4-5-13-6-8-15-9-11-16(12-10-15)19(3,17)18/h13H,4-12H2,1-3H3. The molecule has 1 heterocycles. The molecule has 0 spiro atoms. The molecule has 0 amide bonds. The van der Waals surface area contributed by atoms with Gasteiger partial charge in [0.05, 0.1) is 6.26 Å². The van der Waals surface area contributed by atoms with E-state index in [2.05, 4.69) is 29.2 Å². The van der Waals surface area contributed by atoms with Gasteiger partial charge in [0.25, 0.3) is 0 Å². The van der Waals surface area contributed by atoms with Gasteiger partial charge in [0.15, 0.2) is 0 Å². The summed E-state index contributed by atoms with van der Waals surface area (Å²) in [6.45, 7) is 7.06. The van der Waals surface area contributed by atoms with Gasteiger partial charge < -0.3 is 10.2 Å². The van der Waals surface area contributed by atoms with Crippen molar-refractivity contribution in [1.82, 2.24) is 19.4 Å². The lowest BCUT2D eigenvalue weighted by molar-refractivity contribution is 0.189. The van der Waals surface area contributed by atoms with E-state index in [-0.39, 0.29) is 0 Å². The van der Waals surface area contributed by atoms with Gasteiger partial charge in [0.1, 0.15) is 0 Å². The number of nitrogens with one attached hydrogen (secondary N) is 1. The van der Waals surface area contributed by atoms with Crippen molar-refractivity contribution in [2.75, 3.05) is 72.7 Å². The van der Waals surface area contributed by atoms with E-state index in [4.69, 9.17) is 0 Å². The summed E-state index contributed by atoms with van der Waals surface area (Å²) in [6, 6.07) is 0. The first-order chi connectivity index (χ1) is 8.89. The molecule has 0 bridgehead atoms. The van der Waals surface area contributed by atoms with Crippen LogP contribution in [0.25, 0.3) is 0 Å². The van der Waals surface area contributed by atoms with E-state index in [1.54, 1.807) is 4.31 Å². The molecule has 1 fully saturated rings. The molecule has 19 heavy (non-hydrogen) atoms. The molecule has 0 aromatic rings. The van der Waals surface area contributed by atoms with Crippen molar-refractivity contribution in [2.45, 2.75) is 6.42 Å². The minimum Gasteiger partial charge on any atom is -0.315 e. The molecule has 0 aromatic carbocycles. The lowest BCUT2D eigenvalue weighted by Gasteiger charge is -2.33. The molecule has 1 saturated heterocycles. The molecule has 1 N–H and O–H groups in total. The van der Waals surface area contributed by atoms with Crippen LogP contribution in [-0.2, 0) is 10.0 Å². The van der Waals surface area contributed by atoms with Crippen molar-refractivity contribution in [3.8, 4) is 0 Å². The third kappa shape index (κ3) is 7.22. The SMILES string of the molecule is CN(C)CCCNCCN1CCN(S(C)(=O)=O)CC1. The average Bonchev–Trinajstić information content (AvgIpc) is 2.32. The monoisotopic (exact) mass is 292 g/mol. The summed E-state index contributed by atoms with van der Waals surface area (Å²) >= 11 is 0. The molecule has 114 valence electrons. The zero-order chi connectivity index (χ0) is 14.3. The van der Waals surface area contributed by atoms with Crippen LogP contribution in [0.3, 0.4) is 0 Å². The van der Waals surface area contributed by atoms with Gasteiger partial charge in [-0.05, 0) is 33.6 Å². The van der Waals surface area contributed by atoms with Crippen molar-refractivity contribution in [3.05, 3.63) is 0 Å². The first-order valence-electron chi connectivity index (χ1n) is 6.92. The highest BCUT2D eigenvalue weighted by atomic mass is 32.2. The number of rotatable bonds is 8. The van der Waals surface area contributed by atoms with Gasteiger partial charge in [-0.15, -0.1) is 0 Å². The summed E-state index contributed by atoms with van der Waals surface area (Å²) in [5.74, 6) is 0. The first-order valence-corrected chi connectivity index (χ1v) is 8.77. The molecule has 0 unspecified atom stereocenters. The highest BCUT2D eigenvalue weighted by Gasteiger charge is 2.22. The van der Waals surface area contributed by atoms with E-state index in [0.29, 0.717) is 13.1 Å². The summed E-state index contributed by atoms with van der Waals surface area (Å²) < 4.78 is 24.3. The summed E-state index contributed by atoms with van der Waals surface area (Å²) in [5, 5.41) is 3.43. The Morgan fingerprint density at radius 3 is 2.26 bits per heavy atom. The fourth-order valence-corrected chi connectivity index (χ4v) is 2.99. The van der Waals surface area contributed by atoms with E-state index in [1.807, 2.05) is 0 Å². The number of piperazine rings is 1. The molecule has 1 aliphatic rings. The van der Waals surface area contributed by atoms with Crippen LogP contribution in [0.1, 0.15) is 6.42 Å². The molecule has 1 rings (SSSR count). The molecular formula is C12H28N4O2S. The van der Waals surface area contributed by atoms with Gasteiger partial charge in [-0.25, -0.2) is 8.42 Å². The zero-order valence-corrected chi connectivity index (χ0v) is 13.2. The quantitative estimate of drug-likeness (QED) is 0.588. The number of hydrogen-bond acceptors (Lipinski definition) is 5. The summed E-state index contributed by atoms with van der Waals surface area (Å²) in [7, 11) is 1.17. The summed E-state index contributed by atoms with van der Waals surface area (Å²) in [6.07, 6.45) is 2.45. The van der Waals surface area contributed by atoms with Crippen LogP contribution in [0.5, 0.6) is 0 Å². The maximum atomic E-state index is 11.4. The normalized spacial score (nSPS) is 19.2. The number of nitrogens with zero attached hydrogens (tertiary/aromatic N) is 3. The summed E-state index contributed by atoms with van der Waals surface area (Å²) in [5.41, 5.74) is 0. The third-order valence-electron chi connectivity index (χ3n) is 3.36. The van der Waals surface area contributed by atoms with Gasteiger partial charge in [0.2, 0.25) is 10.0 Å². The average molecular weight is 292 g/mol. The van der Waals surface area contributed by atoms with Crippen molar-refractivity contribution in [3.63, 3.8) is 0 Å². The van der Waals surface area contributed by atoms with Crippen LogP contribution < -0.4 is 5.32 Å². The maximum Gasteiger partial charge on any atom is 0.211 e. The highest BCUT2D eigenvalue weighted by Crippen LogP contribution is 2.04. The minimum atomic E-state index is -3.00. The Morgan fingerprint density at radius 1 is 1.11 bits per heavy atom. The Balaban J connectivity index is 2.04. The number of sulfonamides is 1. The Labute approximate surface area is 117 Å². The molecule has 0 saturated carbocycles. The fraction of sp³-hybridized carbons (Fsp3) is 1.00. The van der Waals surface area contributed by atoms with Crippen molar-refractivity contribution in [2.24, 2.45) is 0 Å². The first kappa shape index (κ1) is 16.8. The number of hydrogen-bond donors (Lipinski definition) is 1. The minimum absolute atomic E-state index is 0.624. The highest BCUT2D eigenvalue weighted by molar-refractivity contribution is 7.88. The van der Waals surface area contributed by atoms with Crippen LogP contribution in [0.4, 0.5) is 0 Å². The zero-order valence-electron chi connectivity index (χ0n) is 12.4.